The summed E-state index contributed by atoms with van der Waals surface area (Å²) in [7, 11) is 0. The lowest BCUT2D eigenvalue weighted by molar-refractivity contribution is -0.134. The minimum Gasteiger partial charge on any atom is -0.465 e. The summed E-state index contributed by atoms with van der Waals surface area (Å²) in [6, 6.07) is -0.345. The van der Waals surface area contributed by atoms with E-state index in [4.69, 9.17) is 5.11 Å². The molecule has 0 aliphatic carbocycles. The number of unbranched alkanes of at least 4 members (excludes halogenated alkanes) is 1. The van der Waals surface area contributed by atoms with Crippen molar-refractivity contribution in [2.75, 3.05) is 6.54 Å². The number of carboxylic acid groups (broad SMARTS) is 1. The van der Waals surface area contributed by atoms with Crippen LogP contribution < -0.4 is 0 Å². The molecule has 0 saturated carbocycles. The topological polar surface area (TPSA) is 57.6 Å². The van der Waals surface area contributed by atoms with Gasteiger partial charge in [-0.2, -0.15) is 0 Å². The molecule has 0 bridgehead atoms. The maximum absolute atomic E-state index is 10.9. The standard InChI is InChI=1S/C8H13NO3/c1-2-3-4-6-7(10)5-9(6)8(11)12/h6H,2-5H2,1H3,(H,11,12). The van der Waals surface area contributed by atoms with Gasteiger partial charge in [0, 0.05) is 0 Å². The molecular weight excluding hydrogens is 158 g/mol. The molecule has 0 aromatic carbocycles. The lowest BCUT2D eigenvalue weighted by atomic mass is 9.96. The van der Waals surface area contributed by atoms with Crippen molar-refractivity contribution in [3.8, 4) is 0 Å². The summed E-state index contributed by atoms with van der Waals surface area (Å²) >= 11 is 0. The van der Waals surface area contributed by atoms with E-state index in [2.05, 4.69) is 0 Å². The Balaban J connectivity index is 2.39. The second-order valence-corrected chi connectivity index (χ2v) is 3.03. The number of carbonyl (C=O) groups is 2. The summed E-state index contributed by atoms with van der Waals surface area (Å²) in [6.45, 7) is 2.11. The van der Waals surface area contributed by atoms with E-state index in [1.54, 1.807) is 0 Å². The van der Waals surface area contributed by atoms with Crippen LogP contribution in [0.2, 0.25) is 0 Å². The molecule has 0 spiro atoms. The Labute approximate surface area is 71.2 Å². The molecule has 1 saturated heterocycles. The largest absolute Gasteiger partial charge is 0.465 e. The highest BCUT2D eigenvalue weighted by Gasteiger charge is 2.39. The molecule has 1 rings (SSSR count). The number of Topliss-reactive ketones (excluding diaryl/α,β-unsaturated/α-hetero) is 1. The fraction of sp³-hybridized carbons (Fsp3) is 0.750. The van der Waals surface area contributed by atoms with E-state index in [-0.39, 0.29) is 18.4 Å². The smallest absolute Gasteiger partial charge is 0.408 e. The predicted octanol–water partition coefficient (Wildman–Crippen LogP) is 1.11. The summed E-state index contributed by atoms with van der Waals surface area (Å²) in [6.07, 6.45) is 1.62. The molecule has 68 valence electrons. The number of carbonyl (C=O) groups excluding carboxylic acids is 1. The van der Waals surface area contributed by atoms with Crippen molar-refractivity contribution in [2.24, 2.45) is 0 Å². The molecule has 1 unspecified atom stereocenters. The van der Waals surface area contributed by atoms with Crippen LogP contribution in [0.5, 0.6) is 0 Å². The number of hydrogen-bond donors (Lipinski definition) is 1. The van der Waals surface area contributed by atoms with Crippen LogP contribution in [0.1, 0.15) is 26.2 Å². The molecular formula is C8H13NO3. The summed E-state index contributed by atoms with van der Waals surface area (Å²) in [5, 5.41) is 8.59. The fourth-order valence-corrected chi connectivity index (χ4v) is 1.36. The highest BCUT2D eigenvalue weighted by atomic mass is 16.4. The lowest BCUT2D eigenvalue weighted by Crippen LogP contribution is -2.58. The highest BCUT2D eigenvalue weighted by Crippen LogP contribution is 2.18. The maximum atomic E-state index is 10.9. The first-order valence-electron chi connectivity index (χ1n) is 4.19. The molecule has 4 heteroatoms. The van der Waals surface area contributed by atoms with Gasteiger partial charge in [-0.1, -0.05) is 19.8 Å². The highest BCUT2D eigenvalue weighted by molar-refractivity contribution is 5.97. The lowest BCUT2D eigenvalue weighted by Gasteiger charge is -2.36. The summed E-state index contributed by atoms with van der Waals surface area (Å²) in [5.41, 5.74) is 0. The minimum absolute atomic E-state index is 0.0610. The van der Waals surface area contributed by atoms with Gasteiger partial charge >= 0.3 is 6.09 Å². The van der Waals surface area contributed by atoms with Crippen molar-refractivity contribution in [2.45, 2.75) is 32.2 Å². The van der Waals surface area contributed by atoms with Gasteiger partial charge < -0.3 is 5.11 Å². The predicted molar refractivity (Wildman–Crippen MR) is 43.1 cm³/mol. The van der Waals surface area contributed by atoms with Gasteiger partial charge in [0.1, 0.15) is 0 Å². The molecule has 0 aromatic heterocycles. The third-order valence-corrected chi connectivity index (χ3v) is 2.15. The van der Waals surface area contributed by atoms with Gasteiger partial charge in [0.15, 0.2) is 5.78 Å². The van der Waals surface area contributed by atoms with E-state index in [0.717, 1.165) is 12.8 Å². The molecule has 0 radical (unpaired) electrons. The molecule has 1 heterocycles. The van der Waals surface area contributed by atoms with Crippen molar-refractivity contribution in [1.29, 1.82) is 0 Å². The van der Waals surface area contributed by atoms with Gasteiger partial charge in [-0.05, 0) is 6.42 Å². The first-order chi connectivity index (χ1) is 5.66. The van der Waals surface area contributed by atoms with Crippen molar-refractivity contribution in [1.82, 2.24) is 4.90 Å². The number of likely N-dealkylation sites (tertiary alicyclic amines) is 1. The summed E-state index contributed by atoms with van der Waals surface area (Å²) < 4.78 is 0. The van der Waals surface area contributed by atoms with Crippen LogP contribution in [0.4, 0.5) is 4.79 Å². The molecule has 1 aliphatic heterocycles. The maximum Gasteiger partial charge on any atom is 0.408 e. The Morgan fingerprint density at radius 1 is 1.75 bits per heavy atom. The third-order valence-electron chi connectivity index (χ3n) is 2.15. The van der Waals surface area contributed by atoms with Gasteiger partial charge in [-0.3, -0.25) is 9.69 Å². The zero-order chi connectivity index (χ0) is 9.14. The third kappa shape index (κ3) is 1.57. The van der Waals surface area contributed by atoms with Crippen LogP contribution in [-0.4, -0.2) is 34.5 Å². The average molecular weight is 171 g/mol. The van der Waals surface area contributed by atoms with Gasteiger partial charge in [-0.25, -0.2) is 4.79 Å². The monoisotopic (exact) mass is 171 g/mol. The zero-order valence-electron chi connectivity index (χ0n) is 7.12. The number of ketones is 1. The van der Waals surface area contributed by atoms with E-state index < -0.39 is 6.09 Å². The Morgan fingerprint density at radius 3 is 2.83 bits per heavy atom. The van der Waals surface area contributed by atoms with Gasteiger partial charge in [0.25, 0.3) is 0 Å². The van der Waals surface area contributed by atoms with Crippen LogP contribution in [0.15, 0.2) is 0 Å². The Bertz CT molecular complexity index is 202. The molecule has 0 aromatic rings. The first-order valence-corrected chi connectivity index (χ1v) is 4.19. The number of amides is 1. The van der Waals surface area contributed by atoms with Gasteiger partial charge in [0.2, 0.25) is 0 Å². The normalized spacial score (nSPS) is 22.2. The van der Waals surface area contributed by atoms with Gasteiger partial charge in [0.05, 0.1) is 12.6 Å². The Kier molecular flexibility index (Phi) is 2.68. The molecule has 1 aliphatic rings. The molecule has 12 heavy (non-hydrogen) atoms. The van der Waals surface area contributed by atoms with Crippen LogP contribution in [-0.2, 0) is 4.79 Å². The summed E-state index contributed by atoms with van der Waals surface area (Å²) in [4.78, 5) is 22.6. The van der Waals surface area contributed by atoms with Crippen molar-refractivity contribution in [3.63, 3.8) is 0 Å². The molecule has 4 nitrogen and oxygen atoms in total. The number of nitrogens with zero attached hydrogens (tertiary/aromatic N) is 1. The second-order valence-electron chi connectivity index (χ2n) is 3.03. The second kappa shape index (κ2) is 3.56. The SMILES string of the molecule is CCCCC1C(=O)CN1C(=O)O. The van der Waals surface area contributed by atoms with E-state index in [9.17, 15) is 9.59 Å². The number of rotatable bonds is 3. The van der Waals surface area contributed by atoms with Crippen molar-refractivity contribution in [3.05, 3.63) is 0 Å². The minimum atomic E-state index is -0.976. The average Bonchev–Trinajstić information content (AvgIpc) is 2.00. The fourth-order valence-electron chi connectivity index (χ4n) is 1.36. The molecule has 1 N–H and O–H groups in total. The first kappa shape index (κ1) is 9.03. The van der Waals surface area contributed by atoms with Crippen molar-refractivity contribution >= 4 is 11.9 Å². The van der Waals surface area contributed by atoms with Crippen LogP contribution >= 0.6 is 0 Å². The summed E-state index contributed by atoms with van der Waals surface area (Å²) in [5.74, 6) is 0.0610. The van der Waals surface area contributed by atoms with E-state index >= 15 is 0 Å². The molecule has 1 fully saturated rings. The van der Waals surface area contributed by atoms with E-state index in [0.29, 0.717) is 6.42 Å². The number of hydrogen-bond acceptors (Lipinski definition) is 2. The van der Waals surface area contributed by atoms with E-state index in [1.807, 2.05) is 6.92 Å². The Morgan fingerprint density at radius 2 is 2.42 bits per heavy atom. The van der Waals surface area contributed by atoms with Crippen molar-refractivity contribution < 1.29 is 14.7 Å². The van der Waals surface area contributed by atoms with Crippen LogP contribution in [0, 0.1) is 0 Å². The van der Waals surface area contributed by atoms with E-state index in [1.165, 1.54) is 4.90 Å². The quantitative estimate of drug-likeness (QED) is 0.692. The molecule has 1 amide bonds. The van der Waals surface area contributed by atoms with Gasteiger partial charge in [-0.15, -0.1) is 0 Å². The Hall–Kier alpha value is -1.06. The van der Waals surface area contributed by atoms with Crippen LogP contribution in [0.25, 0.3) is 0 Å². The zero-order valence-corrected chi connectivity index (χ0v) is 7.12. The molecule has 1 atom stereocenters. The van der Waals surface area contributed by atoms with Crippen LogP contribution in [0.3, 0.4) is 0 Å².